The molecular weight excluding hydrogens is 453 g/mol. The molecule has 2 atom stereocenters. The zero-order chi connectivity index (χ0) is 21.0. The van der Waals surface area contributed by atoms with Crippen LogP contribution in [-0.2, 0) is 18.1 Å². The molecule has 1 saturated heterocycles. The van der Waals surface area contributed by atoms with Crippen molar-refractivity contribution in [3.63, 3.8) is 0 Å². The van der Waals surface area contributed by atoms with E-state index >= 15 is 0 Å². The molecule has 1 aromatic heterocycles. The predicted molar refractivity (Wildman–Crippen MR) is 104 cm³/mol. The van der Waals surface area contributed by atoms with Gasteiger partial charge in [0.05, 0.1) is 5.56 Å². The minimum absolute atomic E-state index is 0.0584. The number of H-pyrrole nitrogens is 1. The monoisotopic (exact) mass is 472 g/mol. The molecule has 0 radical (unpaired) electrons. The van der Waals surface area contributed by atoms with Crippen molar-refractivity contribution in [3.8, 4) is 0 Å². The van der Waals surface area contributed by atoms with Crippen molar-refractivity contribution in [2.75, 3.05) is 19.6 Å². The highest BCUT2D eigenvalue weighted by atomic mass is 79.9. The molecular formula is C19H20BrF3N4O2. The highest BCUT2D eigenvalue weighted by molar-refractivity contribution is 9.10. The number of piperidine rings is 1. The number of hydrogen-bond acceptors (Lipinski definition) is 4. The molecule has 1 N–H and O–H groups in total. The van der Waals surface area contributed by atoms with Gasteiger partial charge in [0.1, 0.15) is 0 Å². The molecule has 156 valence electrons. The first-order chi connectivity index (χ1) is 13.5. The van der Waals surface area contributed by atoms with Crippen molar-refractivity contribution in [2.24, 2.45) is 5.41 Å². The Morgan fingerprint density at radius 1 is 1.17 bits per heavy atom. The average molecular weight is 473 g/mol. The summed E-state index contributed by atoms with van der Waals surface area (Å²) >= 11 is 3.01. The topological polar surface area (TPSA) is 71.0 Å². The van der Waals surface area contributed by atoms with Gasteiger partial charge in [-0.05, 0) is 58.4 Å². The number of aromatic amines is 1. The minimum atomic E-state index is -4.33. The van der Waals surface area contributed by atoms with E-state index in [1.807, 2.05) is 0 Å². The number of aryl methyl sites for hydroxylation is 1. The Hall–Kier alpha value is -1.94. The van der Waals surface area contributed by atoms with Gasteiger partial charge in [-0.25, -0.2) is 9.48 Å². The fourth-order valence-corrected chi connectivity index (χ4v) is 4.98. The maximum Gasteiger partial charge on any atom is 0.416 e. The van der Waals surface area contributed by atoms with E-state index in [-0.39, 0.29) is 15.4 Å². The van der Waals surface area contributed by atoms with Crippen molar-refractivity contribution in [2.45, 2.75) is 37.9 Å². The lowest BCUT2D eigenvalue weighted by molar-refractivity contribution is -0.137. The summed E-state index contributed by atoms with van der Waals surface area (Å²) in [5, 5.41) is 3.93. The predicted octanol–water partition coefficient (Wildman–Crippen LogP) is 2.77. The van der Waals surface area contributed by atoms with Crippen LogP contribution >= 0.6 is 15.9 Å². The van der Waals surface area contributed by atoms with Crippen LogP contribution in [-0.4, -0.2) is 39.3 Å². The van der Waals surface area contributed by atoms with Gasteiger partial charge in [-0.2, -0.15) is 18.3 Å². The standard InChI is InChI=1S/C19H20BrF3N4O2/c1-17-9-18(17,12-3-5-13(6-4-12)19(21,22)23)11-26(10-17)7-2-8-27-16(29)24-15(28)14(20)25-27/h3-6H,2,7-11H2,1H3,(H,24,28,29). The van der Waals surface area contributed by atoms with Gasteiger partial charge in [-0.15, -0.1) is 0 Å². The van der Waals surface area contributed by atoms with E-state index < -0.39 is 23.0 Å². The maximum atomic E-state index is 12.8. The lowest BCUT2D eigenvalue weighted by Crippen LogP contribution is -2.34. The number of likely N-dealkylation sites (tertiary alicyclic amines) is 1. The molecule has 2 heterocycles. The summed E-state index contributed by atoms with van der Waals surface area (Å²) in [7, 11) is 0. The molecule has 2 aliphatic rings. The molecule has 2 aromatic rings. The van der Waals surface area contributed by atoms with Crippen molar-refractivity contribution >= 4 is 15.9 Å². The van der Waals surface area contributed by atoms with Crippen LogP contribution in [0.15, 0.2) is 38.5 Å². The summed E-state index contributed by atoms with van der Waals surface area (Å²) in [5.74, 6) is 0. The third kappa shape index (κ3) is 3.56. The van der Waals surface area contributed by atoms with Gasteiger partial charge in [0.25, 0.3) is 5.56 Å². The SMILES string of the molecule is CC12CN(CCCn3nc(Br)c(=O)[nH]c3=O)CC1(c1ccc(C(F)(F)F)cc1)C2. The molecule has 4 rings (SSSR count). The Kier molecular flexibility index (Phi) is 4.77. The van der Waals surface area contributed by atoms with Crippen LogP contribution < -0.4 is 11.2 Å². The zero-order valence-electron chi connectivity index (χ0n) is 15.7. The average Bonchev–Trinajstić information content (AvgIpc) is 3.12. The zero-order valence-corrected chi connectivity index (χ0v) is 17.3. The first-order valence-corrected chi connectivity index (χ1v) is 10.1. The van der Waals surface area contributed by atoms with Gasteiger partial charge >= 0.3 is 11.9 Å². The van der Waals surface area contributed by atoms with Gasteiger partial charge in [-0.3, -0.25) is 9.78 Å². The summed E-state index contributed by atoms with van der Waals surface area (Å²) in [5.41, 5.74) is -0.818. The number of alkyl halides is 3. The highest BCUT2D eigenvalue weighted by Gasteiger charge is 2.69. The Morgan fingerprint density at radius 3 is 2.52 bits per heavy atom. The normalized spacial score (nSPS) is 26.5. The van der Waals surface area contributed by atoms with Crippen LogP contribution in [0, 0.1) is 5.41 Å². The molecule has 1 aliphatic carbocycles. The molecule has 0 spiro atoms. The number of fused-ring (bicyclic) bond motifs is 1. The number of rotatable bonds is 5. The summed E-state index contributed by atoms with van der Waals surface area (Å²) in [6.45, 7) is 4.94. The third-order valence-corrected chi connectivity index (χ3v) is 6.77. The van der Waals surface area contributed by atoms with Crippen LogP contribution in [0.3, 0.4) is 0 Å². The Balaban J connectivity index is 1.40. The number of benzene rings is 1. The molecule has 2 unspecified atom stereocenters. The molecule has 1 saturated carbocycles. The van der Waals surface area contributed by atoms with Crippen LogP contribution in [0.4, 0.5) is 13.2 Å². The molecule has 1 aromatic carbocycles. The van der Waals surface area contributed by atoms with Crippen molar-refractivity contribution in [1.82, 2.24) is 19.7 Å². The van der Waals surface area contributed by atoms with Gasteiger partial charge in [-0.1, -0.05) is 19.1 Å². The van der Waals surface area contributed by atoms with Crippen LogP contribution in [0.25, 0.3) is 0 Å². The van der Waals surface area contributed by atoms with Crippen LogP contribution in [0.1, 0.15) is 30.9 Å². The summed E-state index contributed by atoms with van der Waals surface area (Å²) < 4.78 is 39.8. The Labute approximate surface area is 172 Å². The van der Waals surface area contributed by atoms with Crippen LogP contribution in [0.2, 0.25) is 0 Å². The lowest BCUT2D eigenvalue weighted by atomic mass is 9.89. The smallest absolute Gasteiger partial charge is 0.302 e. The van der Waals surface area contributed by atoms with Gasteiger partial charge in [0.15, 0.2) is 4.60 Å². The van der Waals surface area contributed by atoms with Crippen molar-refractivity contribution in [1.29, 1.82) is 0 Å². The van der Waals surface area contributed by atoms with E-state index in [0.717, 1.165) is 43.8 Å². The number of aromatic nitrogens is 3. The van der Waals surface area contributed by atoms with Gasteiger partial charge in [0.2, 0.25) is 0 Å². The lowest BCUT2D eigenvalue weighted by Gasteiger charge is -2.21. The molecule has 0 bridgehead atoms. The summed E-state index contributed by atoms with van der Waals surface area (Å²) in [6.07, 6.45) is -2.69. The second-order valence-electron chi connectivity index (χ2n) is 8.23. The second kappa shape index (κ2) is 6.80. The van der Waals surface area contributed by atoms with Gasteiger partial charge in [0, 0.05) is 25.0 Å². The fraction of sp³-hybridized carbons (Fsp3) is 0.526. The Morgan fingerprint density at radius 2 is 1.86 bits per heavy atom. The number of nitrogens with one attached hydrogen (secondary N) is 1. The highest BCUT2D eigenvalue weighted by Crippen LogP contribution is 2.68. The largest absolute Gasteiger partial charge is 0.416 e. The molecule has 10 heteroatoms. The molecule has 29 heavy (non-hydrogen) atoms. The van der Waals surface area contributed by atoms with Crippen LogP contribution in [0.5, 0.6) is 0 Å². The first kappa shape index (κ1) is 20.3. The minimum Gasteiger partial charge on any atom is -0.302 e. The van der Waals surface area contributed by atoms with E-state index in [9.17, 15) is 22.8 Å². The molecule has 2 fully saturated rings. The number of hydrogen-bond donors (Lipinski definition) is 1. The molecule has 0 amide bonds. The maximum absolute atomic E-state index is 12.8. The van der Waals surface area contributed by atoms with E-state index in [4.69, 9.17) is 0 Å². The summed E-state index contributed by atoms with van der Waals surface area (Å²) in [6, 6.07) is 5.55. The quantitative estimate of drug-likeness (QED) is 0.726. The third-order valence-electron chi connectivity index (χ3n) is 6.25. The van der Waals surface area contributed by atoms with Gasteiger partial charge < -0.3 is 4.90 Å². The first-order valence-electron chi connectivity index (χ1n) is 9.31. The Bertz CT molecular complexity index is 1050. The summed E-state index contributed by atoms with van der Waals surface area (Å²) in [4.78, 5) is 27.6. The van der Waals surface area contributed by atoms with E-state index in [0.29, 0.717) is 13.0 Å². The fourth-order valence-electron chi connectivity index (χ4n) is 4.69. The van der Waals surface area contributed by atoms with E-state index in [1.54, 1.807) is 12.1 Å². The van der Waals surface area contributed by atoms with Crippen molar-refractivity contribution in [3.05, 3.63) is 60.8 Å². The number of nitrogens with zero attached hydrogens (tertiary/aromatic N) is 3. The molecule has 6 nitrogen and oxygen atoms in total. The number of halogens is 4. The van der Waals surface area contributed by atoms with E-state index in [1.165, 1.54) is 4.68 Å². The van der Waals surface area contributed by atoms with Crippen molar-refractivity contribution < 1.29 is 13.2 Å². The van der Waals surface area contributed by atoms with E-state index in [2.05, 4.69) is 37.8 Å². The molecule has 1 aliphatic heterocycles. The second-order valence-corrected chi connectivity index (χ2v) is 8.98.